The number of aromatic nitrogens is 3. The van der Waals surface area contributed by atoms with E-state index in [0.717, 1.165) is 34.3 Å². The normalized spacial score (nSPS) is 17.1. The van der Waals surface area contributed by atoms with Gasteiger partial charge in [-0.2, -0.15) is 5.26 Å². The first-order chi connectivity index (χ1) is 20.1. The summed E-state index contributed by atoms with van der Waals surface area (Å²) in [5, 5.41) is 10.5. The molecule has 0 radical (unpaired) electrons. The minimum atomic E-state index is -0.298. The first kappa shape index (κ1) is 27.5. The van der Waals surface area contributed by atoms with Crippen molar-refractivity contribution < 1.29 is 0 Å². The van der Waals surface area contributed by atoms with Crippen LogP contribution in [0.15, 0.2) is 125 Å². The molecule has 0 spiro atoms. The van der Waals surface area contributed by atoms with Crippen molar-refractivity contribution in [1.29, 1.82) is 5.26 Å². The Morgan fingerprint density at radius 2 is 1.71 bits per heavy atom. The Morgan fingerprint density at radius 1 is 0.951 bits per heavy atom. The molecule has 198 valence electrons. The Bertz CT molecular complexity index is 1770. The van der Waals surface area contributed by atoms with Crippen molar-refractivity contribution in [1.82, 2.24) is 15.0 Å². The molecule has 0 aliphatic heterocycles. The van der Waals surface area contributed by atoms with Crippen LogP contribution in [0.5, 0.6) is 0 Å². The number of allylic oxidation sites excluding steroid dienone is 14. The fourth-order valence-electron chi connectivity index (χ4n) is 4.82. The summed E-state index contributed by atoms with van der Waals surface area (Å²) in [4.78, 5) is 14.6. The van der Waals surface area contributed by atoms with Crippen LogP contribution < -0.4 is 0 Å². The second kappa shape index (κ2) is 12.9. The van der Waals surface area contributed by atoms with E-state index in [2.05, 4.69) is 24.1 Å². The van der Waals surface area contributed by atoms with Crippen molar-refractivity contribution in [2.75, 3.05) is 0 Å². The maximum Gasteiger partial charge on any atom is 0.164 e. The van der Waals surface area contributed by atoms with Gasteiger partial charge in [0.2, 0.25) is 0 Å². The maximum atomic E-state index is 9.80. The Morgan fingerprint density at radius 3 is 2.46 bits per heavy atom. The highest BCUT2D eigenvalue weighted by Crippen LogP contribution is 2.37. The first-order valence-corrected chi connectivity index (χ1v) is 13.7. The highest BCUT2D eigenvalue weighted by atomic mass is 35.5. The predicted octanol–water partition coefficient (Wildman–Crippen LogP) is 8.66. The molecule has 0 fully saturated rings. The number of hydrogen-bond donors (Lipinski definition) is 0. The van der Waals surface area contributed by atoms with E-state index >= 15 is 0 Å². The maximum absolute atomic E-state index is 9.80. The standard InChI is InChI=1S/C36H27ClN4/c1-3-13-32(31(4-2)33-23-30(37)21-20-29(33)24-38)27-18-12-19-28(22-27)36-40-34(25-14-8-5-6-9-15-25)39-35(41-36)26-16-10-7-11-17-26/h2-3,5,7-22,33H,6,23H2,1H3/b13-3-,32-31-. The van der Waals surface area contributed by atoms with Gasteiger partial charge in [0.05, 0.1) is 6.07 Å². The van der Waals surface area contributed by atoms with E-state index < -0.39 is 0 Å². The topological polar surface area (TPSA) is 62.5 Å². The largest absolute Gasteiger partial charge is 0.208 e. The van der Waals surface area contributed by atoms with Crippen molar-refractivity contribution in [2.24, 2.45) is 5.92 Å². The van der Waals surface area contributed by atoms with Gasteiger partial charge in [0.25, 0.3) is 0 Å². The smallest absolute Gasteiger partial charge is 0.164 e. The van der Waals surface area contributed by atoms with Gasteiger partial charge in [0.1, 0.15) is 0 Å². The quantitative estimate of drug-likeness (QED) is 0.227. The van der Waals surface area contributed by atoms with Crippen LogP contribution in [-0.4, -0.2) is 15.0 Å². The van der Waals surface area contributed by atoms with E-state index in [1.807, 2.05) is 91.9 Å². The second-order valence-corrected chi connectivity index (χ2v) is 10.0. The molecule has 4 nitrogen and oxygen atoms in total. The van der Waals surface area contributed by atoms with E-state index in [4.69, 9.17) is 33.0 Å². The van der Waals surface area contributed by atoms with E-state index in [1.54, 1.807) is 12.2 Å². The summed E-state index contributed by atoms with van der Waals surface area (Å²) in [5.41, 5.74) is 5.70. The Kier molecular flexibility index (Phi) is 8.65. The predicted molar refractivity (Wildman–Crippen MR) is 168 cm³/mol. The zero-order valence-electron chi connectivity index (χ0n) is 22.6. The van der Waals surface area contributed by atoms with Crippen LogP contribution in [0.25, 0.3) is 33.9 Å². The Hall–Kier alpha value is -5.03. The average Bonchev–Trinajstić information content (AvgIpc) is 3.31. The molecule has 41 heavy (non-hydrogen) atoms. The van der Waals surface area contributed by atoms with Crippen molar-refractivity contribution in [2.45, 2.75) is 19.8 Å². The average molecular weight is 551 g/mol. The first-order valence-electron chi connectivity index (χ1n) is 13.4. The van der Waals surface area contributed by atoms with Gasteiger partial charge in [-0.05, 0) is 49.1 Å². The molecule has 5 heteroatoms. The molecule has 2 aliphatic rings. The molecule has 1 aromatic heterocycles. The Balaban J connectivity index is 1.66. The number of nitriles is 1. The summed E-state index contributed by atoms with van der Waals surface area (Å²) in [6.07, 6.45) is 25.1. The van der Waals surface area contributed by atoms with Crippen LogP contribution in [0.4, 0.5) is 0 Å². The van der Waals surface area contributed by atoms with Crippen LogP contribution in [0, 0.1) is 29.6 Å². The molecular weight excluding hydrogens is 524 g/mol. The molecule has 0 N–H and O–H groups in total. The van der Waals surface area contributed by atoms with Gasteiger partial charge < -0.3 is 0 Å². The third kappa shape index (κ3) is 6.25. The van der Waals surface area contributed by atoms with Crippen LogP contribution in [0.3, 0.4) is 0 Å². The molecule has 1 atom stereocenters. The zero-order valence-corrected chi connectivity index (χ0v) is 23.4. The fraction of sp³-hybridized carbons (Fsp3) is 0.111. The minimum Gasteiger partial charge on any atom is -0.208 e. The molecule has 0 bridgehead atoms. The molecule has 2 aromatic carbocycles. The molecule has 0 saturated carbocycles. The van der Waals surface area contributed by atoms with Gasteiger partial charge in [-0.15, -0.1) is 6.42 Å². The lowest BCUT2D eigenvalue weighted by Crippen LogP contribution is -2.11. The van der Waals surface area contributed by atoms with Gasteiger partial charge >= 0.3 is 0 Å². The lowest BCUT2D eigenvalue weighted by Gasteiger charge is -2.21. The van der Waals surface area contributed by atoms with Crippen LogP contribution in [-0.2, 0) is 0 Å². The van der Waals surface area contributed by atoms with E-state index in [-0.39, 0.29) is 5.92 Å². The molecule has 2 aliphatic carbocycles. The van der Waals surface area contributed by atoms with Gasteiger partial charge in [-0.25, -0.2) is 15.0 Å². The fourth-order valence-corrected chi connectivity index (χ4v) is 5.04. The summed E-state index contributed by atoms with van der Waals surface area (Å²) < 4.78 is 0. The summed E-state index contributed by atoms with van der Waals surface area (Å²) in [6, 6.07) is 20.2. The van der Waals surface area contributed by atoms with E-state index in [9.17, 15) is 5.26 Å². The summed E-state index contributed by atoms with van der Waals surface area (Å²) in [7, 11) is 0. The van der Waals surface area contributed by atoms with Crippen molar-refractivity contribution >= 4 is 22.7 Å². The molecule has 1 unspecified atom stereocenters. The van der Waals surface area contributed by atoms with Gasteiger partial charge in [-0.3, -0.25) is 0 Å². The highest BCUT2D eigenvalue weighted by Gasteiger charge is 2.25. The minimum absolute atomic E-state index is 0.298. The monoisotopic (exact) mass is 550 g/mol. The summed E-state index contributed by atoms with van der Waals surface area (Å²) >= 11 is 6.38. The third-order valence-corrected chi connectivity index (χ3v) is 7.09. The molecule has 1 heterocycles. The van der Waals surface area contributed by atoms with Crippen molar-refractivity contribution in [3.63, 3.8) is 0 Å². The zero-order chi connectivity index (χ0) is 28.6. The summed E-state index contributed by atoms with van der Waals surface area (Å²) in [6.45, 7) is 1.94. The Labute approximate surface area is 246 Å². The molecular formula is C36H27ClN4. The lowest BCUT2D eigenvalue weighted by molar-refractivity contribution is 0.755. The number of rotatable bonds is 6. The molecule has 5 rings (SSSR count). The molecule has 3 aromatic rings. The SMILES string of the molecule is C#C/C(=C(\C=C/C)c1cccc(-c2nc(C3=CC=CCC=C3)nc(-c3ccccc3)n2)c1)C1CC(Cl)=CC=C1C#N. The van der Waals surface area contributed by atoms with Crippen molar-refractivity contribution in [3.05, 3.63) is 137 Å². The number of halogens is 1. The second-order valence-electron chi connectivity index (χ2n) is 9.52. The lowest BCUT2D eigenvalue weighted by atomic mass is 9.81. The van der Waals surface area contributed by atoms with Gasteiger partial charge in [0.15, 0.2) is 17.5 Å². The van der Waals surface area contributed by atoms with Crippen LogP contribution in [0.2, 0.25) is 0 Å². The van der Waals surface area contributed by atoms with Crippen LogP contribution >= 0.6 is 11.6 Å². The van der Waals surface area contributed by atoms with Gasteiger partial charge in [0, 0.05) is 38.8 Å². The van der Waals surface area contributed by atoms with Crippen LogP contribution in [0.1, 0.15) is 31.2 Å². The van der Waals surface area contributed by atoms with Crippen molar-refractivity contribution in [3.8, 4) is 41.2 Å². The third-order valence-electron chi connectivity index (χ3n) is 6.81. The van der Waals surface area contributed by atoms with E-state index in [1.165, 1.54) is 0 Å². The van der Waals surface area contributed by atoms with E-state index in [0.29, 0.717) is 40.1 Å². The number of terminal acetylenes is 1. The number of hydrogen-bond acceptors (Lipinski definition) is 4. The highest BCUT2D eigenvalue weighted by molar-refractivity contribution is 6.29. The molecule has 0 amide bonds. The van der Waals surface area contributed by atoms with Gasteiger partial charge in [-0.1, -0.05) is 109 Å². The number of nitrogens with zero attached hydrogens (tertiary/aromatic N) is 4. The number of benzene rings is 2. The molecule has 0 saturated heterocycles. The summed E-state index contributed by atoms with van der Waals surface area (Å²) in [5.74, 6) is 4.33.